The number of methoxy groups -OCH3 is 1. The van der Waals surface area contributed by atoms with Crippen LogP contribution in [0.15, 0.2) is 29.4 Å². The monoisotopic (exact) mass is 419 g/mol. The standard InChI is InChI=1S/C20H29N5O3S/c1-6-14(4)21-19(27)22-17(26)12-29-20-24-23-18(25(20)11-13(2)3)15-7-9-16(28-5)10-8-15/h7-10,13-14H,6,11-12H2,1-5H3,(H2,21,22,26,27)/t14-/m1/s1. The molecule has 1 heterocycles. The number of hydrogen-bond donors (Lipinski definition) is 2. The number of carbonyl (C=O) groups excluding carboxylic acids is 2. The first-order valence-electron chi connectivity index (χ1n) is 9.64. The van der Waals surface area contributed by atoms with Crippen LogP contribution in [-0.2, 0) is 11.3 Å². The molecule has 158 valence electrons. The Hall–Kier alpha value is -2.55. The van der Waals surface area contributed by atoms with Gasteiger partial charge in [0.15, 0.2) is 11.0 Å². The smallest absolute Gasteiger partial charge is 0.321 e. The molecule has 2 N–H and O–H groups in total. The summed E-state index contributed by atoms with van der Waals surface area (Å²) in [6.07, 6.45) is 0.794. The highest BCUT2D eigenvalue weighted by Crippen LogP contribution is 2.26. The first-order chi connectivity index (χ1) is 13.8. The molecule has 0 unspecified atom stereocenters. The molecule has 0 aliphatic carbocycles. The molecule has 0 saturated heterocycles. The average Bonchev–Trinajstić information content (AvgIpc) is 3.08. The summed E-state index contributed by atoms with van der Waals surface area (Å²) in [6.45, 7) is 8.78. The Kier molecular flexibility index (Phi) is 8.50. The fraction of sp³-hybridized carbons (Fsp3) is 0.500. The van der Waals surface area contributed by atoms with Gasteiger partial charge in [-0.25, -0.2) is 4.79 Å². The molecular weight excluding hydrogens is 390 g/mol. The van der Waals surface area contributed by atoms with Crippen LogP contribution < -0.4 is 15.4 Å². The zero-order valence-corrected chi connectivity index (χ0v) is 18.4. The molecule has 0 bridgehead atoms. The molecule has 1 atom stereocenters. The number of amides is 3. The van der Waals surface area contributed by atoms with Crippen LogP contribution >= 0.6 is 11.8 Å². The van der Waals surface area contributed by atoms with E-state index in [-0.39, 0.29) is 17.7 Å². The third-order valence-corrected chi connectivity index (χ3v) is 5.15. The van der Waals surface area contributed by atoms with E-state index >= 15 is 0 Å². The van der Waals surface area contributed by atoms with Crippen LogP contribution in [0, 0.1) is 5.92 Å². The fourth-order valence-electron chi connectivity index (χ4n) is 2.53. The minimum atomic E-state index is -0.479. The summed E-state index contributed by atoms with van der Waals surface area (Å²) >= 11 is 1.26. The molecule has 0 saturated carbocycles. The Morgan fingerprint density at radius 1 is 1.17 bits per heavy atom. The van der Waals surface area contributed by atoms with Crippen LogP contribution in [0.4, 0.5) is 4.79 Å². The Balaban J connectivity index is 2.09. The number of nitrogens with zero attached hydrogens (tertiary/aromatic N) is 3. The van der Waals surface area contributed by atoms with Crippen molar-refractivity contribution >= 4 is 23.7 Å². The van der Waals surface area contributed by atoms with Crippen LogP contribution in [0.5, 0.6) is 5.75 Å². The molecule has 0 spiro atoms. The van der Waals surface area contributed by atoms with Gasteiger partial charge < -0.3 is 14.6 Å². The predicted molar refractivity (Wildman–Crippen MR) is 114 cm³/mol. The van der Waals surface area contributed by atoms with Crippen LogP contribution in [0.2, 0.25) is 0 Å². The molecule has 2 rings (SSSR count). The summed E-state index contributed by atoms with van der Waals surface area (Å²) in [6, 6.07) is 7.14. The van der Waals surface area contributed by atoms with Gasteiger partial charge in [0.05, 0.1) is 12.9 Å². The summed E-state index contributed by atoms with van der Waals surface area (Å²) in [5.41, 5.74) is 0.920. The summed E-state index contributed by atoms with van der Waals surface area (Å²) in [5, 5.41) is 14.3. The second-order valence-corrected chi connectivity index (χ2v) is 8.10. The van der Waals surface area contributed by atoms with Gasteiger partial charge in [-0.2, -0.15) is 0 Å². The Labute approximate surface area is 175 Å². The molecule has 8 nitrogen and oxygen atoms in total. The number of thioether (sulfide) groups is 1. The number of carbonyl (C=O) groups is 2. The van der Waals surface area contributed by atoms with Gasteiger partial charge in [-0.15, -0.1) is 10.2 Å². The quantitative estimate of drug-likeness (QED) is 0.605. The maximum Gasteiger partial charge on any atom is 0.321 e. The minimum Gasteiger partial charge on any atom is -0.497 e. The van der Waals surface area contributed by atoms with E-state index in [4.69, 9.17) is 4.74 Å². The van der Waals surface area contributed by atoms with Crippen LogP contribution in [0.25, 0.3) is 11.4 Å². The van der Waals surface area contributed by atoms with E-state index in [1.807, 2.05) is 42.7 Å². The maximum absolute atomic E-state index is 12.1. The van der Waals surface area contributed by atoms with E-state index in [0.717, 1.165) is 23.6 Å². The van der Waals surface area contributed by atoms with Crippen molar-refractivity contribution in [2.45, 2.75) is 51.9 Å². The number of rotatable bonds is 9. The summed E-state index contributed by atoms with van der Waals surface area (Å²) in [4.78, 5) is 23.9. The lowest BCUT2D eigenvalue weighted by molar-refractivity contribution is -0.117. The second-order valence-electron chi connectivity index (χ2n) is 7.16. The largest absolute Gasteiger partial charge is 0.497 e. The van der Waals surface area contributed by atoms with E-state index in [9.17, 15) is 9.59 Å². The lowest BCUT2D eigenvalue weighted by atomic mass is 10.2. The minimum absolute atomic E-state index is 0.0108. The number of urea groups is 1. The highest BCUT2D eigenvalue weighted by molar-refractivity contribution is 7.99. The maximum atomic E-state index is 12.1. The third kappa shape index (κ3) is 6.77. The van der Waals surface area contributed by atoms with Crippen LogP contribution in [0.1, 0.15) is 34.1 Å². The molecule has 0 aliphatic rings. The number of aromatic nitrogens is 3. The van der Waals surface area contributed by atoms with Crippen molar-refractivity contribution in [2.24, 2.45) is 5.92 Å². The first kappa shape index (κ1) is 22.7. The van der Waals surface area contributed by atoms with Gasteiger partial charge in [-0.05, 0) is 43.5 Å². The highest BCUT2D eigenvalue weighted by atomic mass is 32.2. The number of hydrogen-bond acceptors (Lipinski definition) is 6. The Bertz CT molecular complexity index is 820. The zero-order valence-electron chi connectivity index (χ0n) is 17.6. The topological polar surface area (TPSA) is 98.1 Å². The number of ether oxygens (including phenoxy) is 1. The second kappa shape index (κ2) is 10.8. The van der Waals surface area contributed by atoms with Gasteiger partial charge in [0.25, 0.3) is 0 Å². The van der Waals surface area contributed by atoms with Crippen molar-refractivity contribution < 1.29 is 14.3 Å². The van der Waals surface area contributed by atoms with E-state index in [1.54, 1.807) is 7.11 Å². The van der Waals surface area contributed by atoms with Crippen molar-refractivity contribution in [3.63, 3.8) is 0 Å². The molecule has 2 aromatic rings. The molecule has 0 radical (unpaired) electrons. The van der Waals surface area contributed by atoms with Crippen molar-refractivity contribution in [2.75, 3.05) is 12.9 Å². The van der Waals surface area contributed by atoms with Crippen molar-refractivity contribution in [3.8, 4) is 17.1 Å². The molecule has 1 aromatic carbocycles. The SMILES string of the molecule is CC[C@@H](C)NC(=O)NC(=O)CSc1nnc(-c2ccc(OC)cc2)n1CC(C)C. The molecule has 0 aliphatic heterocycles. The van der Waals surface area contributed by atoms with Crippen molar-refractivity contribution in [1.29, 1.82) is 0 Å². The van der Waals surface area contributed by atoms with Gasteiger partial charge in [-0.3, -0.25) is 10.1 Å². The number of imide groups is 1. The van der Waals surface area contributed by atoms with Gasteiger partial charge in [0.2, 0.25) is 5.91 Å². The third-order valence-electron chi connectivity index (χ3n) is 4.19. The van der Waals surface area contributed by atoms with Gasteiger partial charge in [0, 0.05) is 18.2 Å². The summed E-state index contributed by atoms with van der Waals surface area (Å²) < 4.78 is 7.21. The molecule has 29 heavy (non-hydrogen) atoms. The lowest BCUT2D eigenvalue weighted by Gasteiger charge is -2.13. The van der Waals surface area contributed by atoms with Gasteiger partial charge in [0.1, 0.15) is 5.75 Å². The molecule has 0 fully saturated rings. The van der Waals surface area contributed by atoms with E-state index < -0.39 is 6.03 Å². The summed E-state index contributed by atoms with van der Waals surface area (Å²) in [5.74, 6) is 1.58. The summed E-state index contributed by atoms with van der Waals surface area (Å²) in [7, 11) is 1.62. The highest BCUT2D eigenvalue weighted by Gasteiger charge is 2.17. The normalized spacial score (nSPS) is 11.9. The zero-order chi connectivity index (χ0) is 21.4. The van der Waals surface area contributed by atoms with Crippen molar-refractivity contribution in [1.82, 2.24) is 25.4 Å². The van der Waals surface area contributed by atoms with E-state index in [2.05, 4.69) is 34.7 Å². The van der Waals surface area contributed by atoms with E-state index in [0.29, 0.717) is 17.6 Å². The Morgan fingerprint density at radius 3 is 2.45 bits per heavy atom. The molecular formula is C20H29N5O3S. The molecule has 1 aromatic heterocycles. The van der Waals surface area contributed by atoms with Crippen LogP contribution in [-0.4, -0.2) is 45.6 Å². The van der Waals surface area contributed by atoms with Gasteiger partial charge in [-0.1, -0.05) is 32.5 Å². The van der Waals surface area contributed by atoms with Crippen molar-refractivity contribution in [3.05, 3.63) is 24.3 Å². The number of benzene rings is 1. The van der Waals surface area contributed by atoms with E-state index in [1.165, 1.54) is 11.8 Å². The predicted octanol–water partition coefficient (Wildman–Crippen LogP) is 3.33. The van der Waals surface area contributed by atoms with Gasteiger partial charge >= 0.3 is 6.03 Å². The van der Waals surface area contributed by atoms with Crippen LogP contribution in [0.3, 0.4) is 0 Å². The Morgan fingerprint density at radius 2 is 1.86 bits per heavy atom. The first-order valence-corrected chi connectivity index (χ1v) is 10.6. The molecule has 9 heteroatoms. The molecule has 3 amide bonds. The lowest BCUT2D eigenvalue weighted by Crippen LogP contribution is -2.43. The average molecular weight is 420 g/mol. The number of nitrogens with one attached hydrogen (secondary N) is 2. The fourth-order valence-corrected chi connectivity index (χ4v) is 3.28.